The number of methoxy groups -OCH3 is 1. The first-order valence-electron chi connectivity index (χ1n) is 11.3. The van der Waals surface area contributed by atoms with Crippen LogP contribution in [0.25, 0.3) is 22.3 Å². The number of nitrogens with zero attached hydrogens (tertiary/aromatic N) is 5. The molecule has 3 aromatic heterocycles. The first-order chi connectivity index (χ1) is 17.0. The molecule has 1 aromatic carbocycles. The number of ether oxygens (including phenoxy) is 1. The Labute approximate surface area is 203 Å². The van der Waals surface area contributed by atoms with Crippen molar-refractivity contribution >= 4 is 22.8 Å². The molecule has 3 heterocycles. The van der Waals surface area contributed by atoms with Crippen molar-refractivity contribution < 1.29 is 14.6 Å². The molecule has 4 aromatic rings. The lowest BCUT2D eigenvalue weighted by atomic mass is 9.98. The number of hydrogen-bond donors (Lipinski definition) is 3. The number of rotatable bonds is 9. The first-order valence-corrected chi connectivity index (χ1v) is 11.3. The molecule has 0 bridgehead atoms. The van der Waals surface area contributed by atoms with Gasteiger partial charge in [0.1, 0.15) is 17.9 Å². The average molecular weight is 476 g/mol. The minimum absolute atomic E-state index is 0.00269. The second-order valence-corrected chi connectivity index (χ2v) is 8.23. The number of nitrogens with one attached hydrogen (secondary N) is 2. The third-order valence-electron chi connectivity index (χ3n) is 6.03. The summed E-state index contributed by atoms with van der Waals surface area (Å²) in [5.74, 6) is 1.30. The number of aryl methyl sites for hydroxylation is 1. The van der Waals surface area contributed by atoms with Gasteiger partial charge in [-0.2, -0.15) is 5.10 Å². The van der Waals surface area contributed by atoms with Crippen molar-refractivity contribution in [2.75, 3.05) is 32.6 Å². The van der Waals surface area contributed by atoms with E-state index in [0.717, 1.165) is 33.4 Å². The summed E-state index contributed by atoms with van der Waals surface area (Å²) in [4.78, 5) is 25.3. The SMILES string of the molecule is CNC(=O)c1ccc(C(C)CNc2cc(-c3cnc4c(cnn4CCO)c3C)ncn2)c(OC)c1. The molecule has 0 spiro atoms. The number of aromatic nitrogens is 5. The molecule has 0 aliphatic heterocycles. The number of benzene rings is 1. The molecule has 182 valence electrons. The Hall–Kier alpha value is -4.05. The zero-order valence-electron chi connectivity index (χ0n) is 20.2. The predicted octanol–water partition coefficient (Wildman–Crippen LogP) is 2.77. The minimum Gasteiger partial charge on any atom is -0.496 e. The molecule has 0 aliphatic rings. The molecule has 10 nitrogen and oxygen atoms in total. The van der Waals surface area contributed by atoms with Gasteiger partial charge in [-0.05, 0) is 30.2 Å². The number of carbonyl (C=O) groups excluding carboxylic acids is 1. The van der Waals surface area contributed by atoms with Crippen LogP contribution in [0.15, 0.2) is 43.0 Å². The summed E-state index contributed by atoms with van der Waals surface area (Å²) < 4.78 is 7.23. The van der Waals surface area contributed by atoms with Gasteiger partial charge in [0.25, 0.3) is 5.91 Å². The number of fused-ring (bicyclic) bond motifs is 1. The zero-order chi connectivity index (χ0) is 24.9. The maximum atomic E-state index is 11.9. The maximum absolute atomic E-state index is 11.9. The highest BCUT2D eigenvalue weighted by molar-refractivity contribution is 5.94. The van der Waals surface area contributed by atoms with Gasteiger partial charge in [-0.25, -0.2) is 19.6 Å². The van der Waals surface area contributed by atoms with Crippen molar-refractivity contribution in [1.29, 1.82) is 0 Å². The summed E-state index contributed by atoms with van der Waals surface area (Å²) >= 11 is 0. The van der Waals surface area contributed by atoms with Crippen LogP contribution in [0, 0.1) is 6.92 Å². The van der Waals surface area contributed by atoms with Crippen LogP contribution in [-0.4, -0.2) is 63.1 Å². The maximum Gasteiger partial charge on any atom is 0.251 e. The van der Waals surface area contributed by atoms with Gasteiger partial charge >= 0.3 is 0 Å². The standard InChI is InChI=1S/C25H29N7O3/c1-15(18-6-5-17(25(34)26-3)9-22(18)35-4)11-27-23-10-21(29-14-30-23)19-12-28-24-20(16(19)2)13-31-32(24)7-8-33/h5-6,9-10,12-15,33H,7-8,11H2,1-4H3,(H,26,34)(H,27,29,30). The Morgan fingerprint density at radius 3 is 2.77 bits per heavy atom. The predicted molar refractivity (Wildman–Crippen MR) is 134 cm³/mol. The number of aliphatic hydroxyl groups excluding tert-OH is 1. The number of carbonyl (C=O) groups is 1. The zero-order valence-corrected chi connectivity index (χ0v) is 20.2. The quantitative estimate of drug-likeness (QED) is 0.337. The lowest BCUT2D eigenvalue weighted by molar-refractivity contribution is 0.0962. The van der Waals surface area contributed by atoms with Gasteiger partial charge < -0.3 is 20.5 Å². The van der Waals surface area contributed by atoms with Gasteiger partial charge in [0.05, 0.1) is 32.2 Å². The first kappa shape index (κ1) is 24.1. The van der Waals surface area contributed by atoms with E-state index in [9.17, 15) is 9.90 Å². The smallest absolute Gasteiger partial charge is 0.251 e. The molecule has 0 fully saturated rings. The largest absolute Gasteiger partial charge is 0.496 e. The van der Waals surface area contributed by atoms with Crippen molar-refractivity contribution in [3.8, 4) is 17.0 Å². The fourth-order valence-electron chi connectivity index (χ4n) is 4.04. The molecule has 4 rings (SSSR count). The Balaban J connectivity index is 1.52. The van der Waals surface area contributed by atoms with Crippen molar-refractivity contribution in [1.82, 2.24) is 30.0 Å². The van der Waals surface area contributed by atoms with Crippen LogP contribution in [0.1, 0.15) is 34.3 Å². The van der Waals surface area contributed by atoms with Crippen LogP contribution in [0.4, 0.5) is 5.82 Å². The lowest BCUT2D eigenvalue weighted by Crippen LogP contribution is -2.18. The Morgan fingerprint density at radius 2 is 2.03 bits per heavy atom. The Morgan fingerprint density at radius 1 is 1.20 bits per heavy atom. The van der Waals surface area contributed by atoms with E-state index in [4.69, 9.17) is 4.74 Å². The van der Waals surface area contributed by atoms with Gasteiger partial charge in [-0.15, -0.1) is 0 Å². The van der Waals surface area contributed by atoms with Crippen molar-refractivity contribution in [2.24, 2.45) is 0 Å². The molecule has 1 amide bonds. The number of hydrogen-bond acceptors (Lipinski definition) is 8. The molecular formula is C25H29N7O3. The normalized spacial score (nSPS) is 11.9. The fraction of sp³-hybridized carbons (Fsp3) is 0.320. The number of pyridine rings is 1. The molecule has 1 unspecified atom stereocenters. The fourth-order valence-corrected chi connectivity index (χ4v) is 4.04. The second kappa shape index (κ2) is 10.5. The van der Waals surface area contributed by atoms with Crippen LogP contribution in [0.2, 0.25) is 0 Å². The molecule has 35 heavy (non-hydrogen) atoms. The van der Waals surface area contributed by atoms with Gasteiger partial charge in [-0.1, -0.05) is 13.0 Å². The van der Waals surface area contributed by atoms with Gasteiger partial charge in [0.2, 0.25) is 0 Å². The van der Waals surface area contributed by atoms with Crippen LogP contribution >= 0.6 is 0 Å². The molecule has 3 N–H and O–H groups in total. The van der Waals surface area contributed by atoms with Gasteiger partial charge in [-0.3, -0.25) is 4.79 Å². The number of anilines is 1. The second-order valence-electron chi connectivity index (χ2n) is 8.23. The van der Waals surface area contributed by atoms with Crippen LogP contribution in [0.3, 0.4) is 0 Å². The van der Waals surface area contributed by atoms with E-state index in [0.29, 0.717) is 30.2 Å². The topological polar surface area (TPSA) is 127 Å². The summed E-state index contributed by atoms with van der Waals surface area (Å²) in [6.07, 6.45) is 5.07. The van der Waals surface area contributed by atoms with Gasteiger partial charge in [0.15, 0.2) is 5.65 Å². The molecule has 0 saturated heterocycles. The third-order valence-corrected chi connectivity index (χ3v) is 6.03. The molecule has 0 saturated carbocycles. The Bertz CT molecular complexity index is 1350. The van der Waals surface area contributed by atoms with E-state index in [2.05, 4.69) is 37.6 Å². The van der Waals surface area contributed by atoms with Crippen molar-refractivity contribution in [3.63, 3.8) is 0 Å². The Kier molecular flexibility index (Phi) is 7.21. The summed E-state index contributed by atoms with van der Waals surface area (Å²) in [7, 11) is 3.20. The highest BCUT2D eigenvalue weighted by atomic mass is 16.5. The van der Waals surface area contributed by atoms with E-state index < -0.39 is 0 Å². The third kappa shape index (κ3) is 4.92. The highest BCUT2D eigenvalue weighted by Gasteiger charge is 2.16. The average Bonchev–Trinajstić information content (AvgIpc) is 3.30. The molecule has 1 atom stereocenters. The van der Waals surface area contributed by atoms with E-state index in [1.54, 1.807) is 43.4 Å². The summed E-state index contributed by atoms with van der Waals surface area (Å²) in [5.41, 5.74) is 4.94. The van der Waals surface area contributed by atoms with Crippen molar-refractivity contribution in [3.05, 3.63) is 59.7 Å². The van der Waals surface area contributed by atoms with E-state index in [1.807, 2.05) is 19.1 Å². The summed E-state index contributed by atoms with van der Waals surface area (Å²) in [6.45, 7) is 5.10. The monoisotopic (exact) mass is 475 g/mol. The van der Waals surface area contributed by atoms with E-state index in [1.165, 1.54) is 6.33 Å². The number of aliphatic hydroxyl groups is 1. The molecule has 0 aliphatic carbocycles. The van der Waals surface area contributed by atoms with Gasteiger partial charge in [0, 0.05) is 48.3 Å². The van der Waals surface area contributed by atoms with Crippen molar-refractivity contribution in [2.45, 2.75) is 26.3 Å². The van der Waals surface area contributed by atoms with E-state index in [-0.39, 0.29) is 18.4 Å². The summed E-state index contributed by atoms with van der Waals surface area (Å²) in [6, 6.07) is 7.36. The minimum atomic E-state index is -0.155. The molecule has 10 heteroatoms. The number of amides is 1. The van der Waals surface area contributed by atoms with Crippen LogP contribution < -0.4 is 15.4 Å². The molecule has 0 radical (unpaired) electrons. The van der Waals surface area contributed by atoms with E-state index >= 15 is 0 Å². The molecular weight excluding hydrogens is 446 g/mol. The lowest BCUT2D eigenvalue weighted by Gasteiger charge is -2.18. The highest BCUT2D eigenvalue weighted by Crippen LogP contribution is 2.30. The summed E-state index contributed by atoms with van der Waals surface area (Å²) in [5, 5.41) is 20.5. The van der Waals surface area contributed by atoms with Crippen LogP contribution in [-0.2, 0) is 6.54 Å². The van der Waals surface area contributed by atoms with Crippen LogP contribution in [0.5, 0.6) is 5.75 Å².